The van der Waals surface area contributed by atoms with Gasteiger partial charge in [0, 0.05) is 12.4 Å². The summed E-state index contributed by atoms with van der Waals surface area (Å²) in [6.45, 7) is 0.974. The third-order valence-electron chi connectivity index (χ3n) is 0.532. The minimum atomic E-state index is 0.729. The summed E-state index contributed by atoms with van der Waals surface area (Å²) in [4.78, 5) is 4.02. The van der Waals surface area contributed by atoms with Crippen molar-refractivity contribution in [1.82, 2.24) is 4.90 Å². The first kappa shape index (κ1) is 11.7. The molecule has 1 nitrogen and oxygen atoms in total. The highest BCUT2D eigenvalue weighted by atomic mass is 127. The smallest absolute Gasteiger partial charge is 0.0350 e. The molecule has 8 heavy (non-hydrogen) atoms. The van der Waals surface area contributed by atoms with Gasteiger partial charge in [0.15, 0.2) is 0 Å². The van der Waals surface area contributed by atoms with Crippen molar-refractivity contribution in [3.8, 4) is 0 Å². The van der Waals surface area contributed by atoms with Crippen molar-refractivity contribution in [2.24, 2.45) is 0 Å². The van der Waals surface area contributed by atoms with Crippen molar-refractivity contribution in [2.45, 2.75) is 0 Å². The third-order valence-corrected chi connectivity index (χ3v) is 0.701. The quantitative estimate of drug-likeness (QED) is 0.533. The Bertz CT molecular complexity index is 33.6. The largest absolute Gasteiger partial charge is 0.308 e. The van der Waals surface area contributed by atoms with Gasteiger partial charge in [0.2, 0.25) is 0 Å². The Morgan fingerprint density at radius 3 is 1.75 bits per heavy atom. The van der Waals surface area contributed by atoms with Crippen LogP contribution in [0.15, 0.2) is 0 Å². The molecule has 0 N–H and O–H groups in total. The highest BCUT2D eigenvalue weighted by Crippen LogP contribution is 1.75. The van der Waals surface area contributed by atoms with Gasteiger partial charge in [-0.2, -0.15) is 0 Å². The van der Waals surface area contributed by atoms with Gasteiger partial charge in [-0.1, -0.05) is 22.6 Å². The molecule has 0 saturated heterocycles. The molecule has 0 aliphatic heterocycles. The lowest BCUT2D eigenvalue weighted by molar-refractivity contribution is 0.436. The van der Waals surface area contributed by atoms with Gasteiger partial charge in [-0.25, -0.2) is 0 Å². The summed E-state index contributed by atoms with van der Waals surface area (Å²) < 4.78 is 0. The summed E-state index contributed by atoms with van der Waals surface area (Å²) in [5, 5.41) is 0. The van der Waals surface area contributed by atoms with E-state index in [0.29, 0.717) is 0 Å². The Hall–Kier alpha value is 0.980. The van der Waals surface area contributed by atoms with Gasteiger partial charge in [-0.3, -0.25) is 0 Å². The van der Waals surface area contributed by atoms with Crippen LogP contribution in [-0.4, -0.2) is 36.4 Å². The van der Waals surface area contributed by atoms with Crippen molar-refractivity contribution in [1.29, 1.82) is 0 Å². The zero-order valence-corrected chi connectivity index (χ0v) is 8.53. The summed E-state index contributed by atoms with van der Waals surface area (Å²) in [6.07, 6.45) is 0. The average molecular weight is 250 g/mol. The van der Waals surface area contributed by atoms with Crippen molar-refractivity contribution < 1.29 is 0 Å². The summed E-state index contributed by atoms with van der Waals surface area (Å²) in [6, 6.07) is 0. The SMILES string of the molecule is CI.CN(C)CCCl. The summed E-state index contributed by atoms with van der Waals surface area (Å²) in [5.41, 5.74) is 0. The van der Waals surface area contributed by atoms with Crippen molar-refractivity contribution in [3.63, 3.8) is 0 Å². The fourth-order valence-electron chi connectivity index (χ4n) is 0.169. The van der Waals surface area contributed by atoms with Gasteiger partial charge >= 0.3 is 0 Å². The first-order valence-corrected chi connectivity index (χ1v) is 5.05. The normalized spacial score (nSPS) is 8.25. The molecule has 0 bridgehead atoms. The first-order chi connectivity index (χ1) is 3.77. The van der Waals surface area contributed by atoms with Crippen molar-refractivity contribution in [2.75, 3.05) is 31.5 Å². The van der Waals surface area contributed by atoms with E-state index in [1.165, 1.54) is 0 Å². The minimum Gasteiger partial charge on any atom is -0.308 e. The fourth-order valence-corrected chi connectivity index (χ4v) is 0.507. The van der Waals surface area contributed by atoms with Crippen LogP contribution in [0, 0.1) is 0 Å². The Labute approximate surface area is 70.5 Å². The number of hydrogen-bond donors (Lipinski definition) is 0. The Balaban J connectivity index is 0. The maximum atomic E-state index is 5.35. The molecule has 0 spiro atoms. The topological polar surface area (TPSA) is 3.24 Å². The van der Waals surface area contributed by atoms with Crippen LogP contribution in [0.4, 0.5) is 0 Å². The fraction of sp³-hybridized carbons (Fsp3) is 1.00. The minimum absolute atomic E-state index is 0.729. The predicted molar refractivity (Wildman–Crippen MR) is 49.2 cm³/mol. The van der Waals surface area contributed by atoms with E-state index < -0.39 is 0 Å². The maximum Gasteiger partial charge on any atom is 0.0350 e. The van der Waals surface area contributed by atoms with Crippen LogP contribution in [0.1, 0.15) is 0 Å². The number of alkyl halides is 2. The van der Waals surface area contributed by atoms with E-state index in [-0.39, 0.29) is 0 Å². The van der Waals surface area contributed by atoms with Gasteiger partial charge in [0.1, 0.15) is 0 Å². The van der Waals surface area contributed by atoms with Crippen LogP contribution in [0.2, 0.25) is 0 Å². The number of hydrogen-bond acceptors (Lipinski definition) is 1. The average Bonchev–Trinajstić information content (AvgIpc) is 1.72. The lowest BCUT2D eigenvalue weighted by atomic mass is 10.7. The number of halogens is 2. The van der Waals surface area contributed by atoms with E-state index in [2.05, 4.69) is 22.6 Å². The Kier molecular flexibility index (Phi) is 16.0. The Morgan fingerprint density at radius 2 is 1.75 bits per heavy atom. The van der Waals surface area contributed by atoms with E-state index in [4.69, 9.17) is 11.6 Å². The van der Waals surface area contributed by atoms with Crippen LogP contribution in [0.3, 0.4) is 0 Å². The molecule has 0 atom stereocenters. The molecule has 0 rings (SSSR count). The molecule has 0 fully saturated rings. The van der Waals surface area contributed by atoms with Gasteiger partial charge in [-0.15, -0.1) is 11.6 Å². The van der Waals surface area contributed by atoms with Crippen molar-refractivity contribution in [3.05, 3.63) is 0 Å². The van der Waals surface area contributed by atoms with E-state index in [9.17, 15) is 0 Å². The van der Waals surface area contributed by atoms with Crippen LogP contribution in [0.25, 0.3) is 0 Å². The zero-order valence-electron chi connectivity index (χ0n) is 5.62. The number of rotatable bonds is 2. The molecule has 0 saturated carbocycles. The second-order valence-electron chi connectivity index (χ2n) is 1.49. The molecule has 0 aromatic heterocycles. The third kappa shape index (κ3) is 15.8. The highest BCUT2D eigenvalue weighted by Gasteiger charge is 1.81. The Morgan fingerprint density at radius 1 is 1.38 bits per heavy atom. The molecule has 52 valence electrons. The second-order valence-corrected chi connectivity index (χ2v) is 1.87. The first-order valence-electron chi connectivity index (χ1n) is 2.36. The molecular formula is C5H13ClIN. The van der Waals surface area contributed by atoms with Gasteiger partial charge in [0.25, 0.3) is 0 Å². The van der Waals surface area contributed by atoms with E-state index >= 15 is 0 Å². The molecule has 0 aromatic carbocycles. The molecular weight excluding hydrogens is 236 g/mol. The number of nitrogens with zero attached hydrogens (tertiary/aromatic N) is 1. The highest BCUT2D eigenvalue weighted by molar-refractivity contribution is 14.1. The molecule has 3 heteroatoms. The van der Waals surface area contributed by atoms with Gasteiger partial charge in [0.05, 0.1) is 0 Å². The summed E-state index contributed by atoms with van der Waals surface area (Å²) >= 11 is 7.50. The lowest BCUT2D eigenvalue weighted by Gasteiger charge is -2.02. The van der Waals surface area contributed by atoms with E-state index in [0.717, 1.165) is 12.4 Å². The maximum absolute atomic E-state index is 5.35. The molecule has 0 heterocycles. The molecule has 0 aliphatic carbocycles. The molecule has 0 unspecified atom stereocenters. The molecule has 0 radical (unpaired) electrons. The molecule has 0 aromatic rings. The van der Waals surface area contributed by atoms with Crippen LogP contribution >= 0.6 is 34.2 Å². The predicted octanol–water partition coefficient (Wildman–Crippen LogP) is 1.84. The van der Waals surface area contributed by atoms with Crippen LogP contribution < -0.4 is 0 Å². The zero-order chi connectivity index (χ0) is 6.99. The van der Waals surface area contributed by atoms with E-state index in [1.54, 1.807) is 0 Å². The second kappa shape index (κ2) is 10.9. The van der Waals surface area contributed by atoms with Crippen molar-refractivity contribution >= 4 is 34.2 Å². The van der Waals surface area contributed by atoms with Crippen LogP contribution in [-0.2, 0) is 0 Å². The monoisotopic (exact) mass is 249 g/mol. The molecule has 0 amide bonds. The standard InChI is InChI=1S/C4H10ClN.CH3I/c1-6(2)4-3-5;1-2/h3-4H2,1-2H3;1H3. The summed E-state index contributed by atoms with van der Waals surface area (Å²) in [7, 11) is 4.00. The van der Waals surface area contributed by atoms with Gasteiger partial charge in [-0.05, 0) is 19.0 Å². The van der Waals surface area contributed by atoms with E-state index in [1.807, 2.05) is 23.9 Å². The lowest BCUT2D eigenvalue weighted by Crippen LogP contribution is -2.13. The molecule has 0 aliphatic rings. The summed E-state index contributed by atoms with van der Waals surface area (Å²) in [5.74, 6) is 0.729. The van der Waals surface area contributed by atoms with Crippen LogP contribution in [0.5, 0.6) is 0 Å². The van der Waals surface area contributed by atoms with Gasteiger partial charge < -0.3 is 4.90 Å².